The van der Waals surface area contributed by atoms with Crippen molar-refractivity contribution < 1.29 is 14.3 Å². The van der Waals surface area contributed by atoms with Crippen LogP contribution < -0.4 is 10.6 Å². The Labute approximate surface area is 121 Å². The molecule has 0 atom stereocenters. The number of amides is 2. The number of aliphatic hydroxyl groups is 1. The van der Waals surface area contributed by atoms with Crippen molar-refractivity contribution in [3.8, 4) is 11.8 Å². The summed E-state index contributed by atoms with van der Waals surface area (Å²) in [6, 6.07) is 12.0. The number of carbonyl (C=O) groups excluding carboxylic acids is 1. The number of hydrogen-bond donors (Lipinski definition) is 3. The number of nitrogens with one attached hydrogen (secondary N) is 2. The van der Waals surface area contributed by atoms with Crippen LogP contribution in [0.2, 0.25) is 0 Å². The molecule has 4 nitrogen and oxygen atoms in total. The molecular formula is C16H13FN2O2. The second kappa shape index (κ2) is 7.08. The monoisotopic (exact) mass is 284 g/mol. The summed E-state index contributed by atoms with van der Waals surface area (Å²) in [5.41, 5.74) is 1.44. The molecule has 0 aliphatic carbocycles. The topological polar surface area (TPSA) is 61.4 Å². The second-order valence-corrected chi connectivity index (χ2v) is 4.09. The molecule has 21 heavy (non-hydrogen) atoms. The minimum atomic E-state index is -0.501. The predicted octanol–water partition coefficient (Wildman–Crippen LogP) is 2.81. The molecule has 2 amide bonds. The Kier molecular flexibility index (Phi) is 4.91. The van der Waals surface area contributed by atoms with Crippen LogP contribution in [-0.2, 0) is 0 Å². The number of anilines is 2. The molecule has 2 rings (SSSR count). The Balaban J connectivity index is 2.09. The minimum Gasteiger partial charge on any atom is -0.384 e. The Hall–Kier alpha value is -2.84. The van der Waals surface area contributed by atoms with Gasteiger partial charge in [0.25, 0.3) is 0 Å². The number of hydrogen-bond acceptors (Lipinski definition) is 2. The van der Waals surface area contributed by atoms with Crippen molar-refractivity contribution in [3.05, 3.63) is 59.9 Å². The van der Waals surface area contributed by atoms with E-state index in [4.69, 9.17) is 5.11 Å². The van der Waals surface area contributed by atoms with Gasteiger partial charge in [0.15, 0.2) is 0 Å². The summed E-state index contributed by atoms with van der Waals surface area (Å²) >= 11 is 0. The van der Waals surface area contributed by atoms with E-state index < -0.39 is 11.8 Å². The van der Waals surface area contributed by atoms with E-state index in [1.807, 2.05) is 0 Å². The van der Waals surface area contributed by atoms with E-state index in [-0.39, 0.29) is 6.61 Å². The molecule has 5 heteroatoms. The summed E-state index contributed by atoms with van der Waals surface area (Å²) in [5.74, 6) is 4.83. The summed E-state index contributed by atoms with van der Waals surface area (Å²) in [6.07, 6.45) is 0. The van der Waals surface area contributed by atoms with E-state index in [2.05, 4.69) is 22.5 Å². The molecule has 2 aromatic carbocycles. The fraction of sp³-hybridized carbons (Fsp3) is 0.0625. The van der Waals surface area contributed by atoms with Gasteiger partial charge in [0, 0.05) is 11.3 Å². The van der Waals surface area contributed by atoms with Crippen LogP contribution in [0, 0.1) is 17.7 Å². The largest absolute Gasteiger partial charge is 0.384 e. The number of para-hydroxylation sites is 1. The third-order valence-electron chi connectivity index (χ3n) is 2.56. The fourth-order valence-corrected chi connectivity index (χ4v) is 1.69. The molecule has 0 saturated heterocycles. The number of carbonyl (C=O) groups is 1. The van der Waals surface area contributed by atoms with Crippen LogP contribution in [0.25, 0.3) is 0 Å². The van der Waals surface area contributed by atoms with E-state index in [0.29, 0.717) is 16.9 Å². The standard InChI is InChI=1S/C16H13FN2O2/c17-13-7-3-8-14(11-13)18-16(21)19-15-9-2-1-5-12(15)6-4-10-20/h1-3,5,7-9,11,20H,10H2,(H2,18,19,21). The quantitative estimate of drug-likeness (QED) is 0.743. The highest BCUT2D eigenvalue weighted by molar-refractivity contribution is 6.00. The van der Waals surface area contributed by atoms with Gasteiger partial charge in [-0.2, -0.15) is 0 Å². The lowest BCUT2D eigenvalue weighted by molar-refractivity contribution is 0.262. The summed E-state index contributed by atoms with van der Waals surface area (Å²) in [5, 5.41) is 13.9. The lowest BCUT2D eigenvalue weighted by Crippen LogP contribution is -2.20. The number of benzene rings is 2. The first-order chi connectivity index (χ1) is 10.2. The van der Waals surface area contributed by atoms with Crippen molar-refractivity contribution in [2.45, 2.75) is 0 Å². The first kappa shape index (κ1) is 14.6. The number of rotatable bonds is 2. The van der Waals surface area contributed by atoms with Gasteiger partial charge in [-0.15, -0.1) is 0 Å². The van der Waals surface area contributed by atoms with Gasteiger partial charge in [-0.3, -0.25) is 0 Å². The Morgan fingerprint density at radius 2 is 1.95 bits per heavy atom. The van der Waals surface area contributed by atoms with Gasteiger partial charge in [-0.1, -0.05) is 30.0 Å². The maximum atomic E-state index is 13.0. The third kappa shape index (κ3) is 4.34. The van der Waals surface area contributed by atoms with Crippen LogP contribution in [-0.4, -0.2) is 17.7 Å². The summed E-state index contributed by atoms with van der Waals surface area (Å²) in [7, 11) is 0. The molecule has 106 valence electrons. The summed E-state index contributed by atoms with van der Waals surface area (Å²) in [4.78, 5) is 11.9. The zero-order valence-electron chi connectivity index (χ0n) is 11.1. The molecule has 0 heterocycles. The van der Waals surface area contributed by atoms with E-state index in [1.165, 1.54) is 18.2 Å². The maximum absolute atomic E-state index is 13.0. The van der Waals surface area contributed by atoms with Crippen LogP contribution >= 0.6 is 0 Å². The first-order valence-electron chi connectivity index (χ1n) is 6.21. The van der Waals surface area contributed by atoms with Gasteiger partial charge < -0.3 is 15.7 Å². The summed E-state index contributed by atoms with van der Waals surface area (Å²) < 4.78 is 13.0. The average Bonchev–Trinajstić information content (AvgIpc) is 2.46. The number of urea groups is 1. The summed E-state index contributed by atoms with van der Waals surface area (Å²) in [6.45, 7) is -0.260. The van der Waals surface area contributed by atoms with Crippen LogP contribution in [0.5, 0.6) is 0 Å². The van der Waals surface area contributed by atoms with Gasteiger partial charge in [-0.25, -0.2) is 9.18 Å². The van der Waals surface area contributed by atoms with Crippen molar-refractivity contribution in [2.75, 3.05) is 17.2 Å². The second-order valence-electron chi connectivity index (χ2n) is 4.09. The molecule has 2 aromatic rings. The van der Waals surface area contributed by atoms with E-state index in [0.717, 1.165) is 0 Å². The lowest BCUT2D eigenvalue weighted by Gasteiger charge is -2.09. The molecule has 0 aromatic heterocycles. The zero-order chi connectivity index (χ0) is 15.1. The molecule has 0 bridgehead atoms. The molecular weight excluding hydrogens is 271 g/mol. The third-order valence-corrected chi connectivity index (χ3v) is 2.56. The smallest absolute Gasteiger partial charge is 0.323 e. The van der Waals surface area contributed by atoms with Crippen LogP contribution in [0.4, 0.5) is 20.6 Å². The predicted molar refractivity (Wildman–Crippen MR) is 79.4 cm³/mol. The highest BCUT2D eigenvalue weighted by Crippen LogP contribution is 2.15. The molecule has 0 spiro atoms. The zero-order valence-corrected chi connectivity index (χ0v) is 11.1. The van der Waals surface area contributed by atoms with E-state index in [9.17, 15) is 9.18 Å². The molecule has 0 unspecified atom stereocenters. The SMILES string of the molecule is O=C(Nc1cccc(F)c1)Nc1ccccc1C#CCO. The van der Waals surface area contributed by atoms with Gasteiger partial charge in [0.05, 0.1) is 5.69 Å². The van der Waals surface area contributed by atoms with Crippen molar-refractivity contribution in [3.63, 3.8) is 0 Å². The van der Waals surface area contributed by atoms with Crippen LogP contribution in [0.15, 0.2) is 48.5 Å². The Morgan fingerprint density at radius 3 is 2.71 bits per heavy atom. The van der Waals surface area contributed by atoms with Crippen molar-refractivity contribution in [1.82, 2.24) is 0 Å². The molecule has 0 saturated carbocycles. The highest BCUT2D eigenvalue weighted by Gasteiger charge is 2.05. The highest BCUT2D eigenvalue weighted by atomic mass is 19.1. The van der Waals surface area contributed by atoms with Crippen LogP contribution in [0.1, 0.15) is 5.56 Å². The molecule has 0 aliphatic rings. The average molecular weight is 284 g/mol. The van der Waals surface area contributed by atoms with Gasteiger partial charge >= 0.3 is 6.03 Å². The molecule has 3 N–H and O–H groups in total. The minimum absolute atomic E-state index is 0.260. The van der Waals surface area contributed by atoms with E-state index >= 15 is 0 Å². The van der Waals surface area contributed by atoms with Crippen LogP contribution in [0.3, 0.4) is 0 Å². The maximum Gasteiger partial charge on any atom is 0.323 e. The molecule has 0 aliphatic heterocycles. The molecule has 0 radical (unpaired) electrons. The van der Waals surface area contributed by atoms with Gasteiger partial charge in [0.1, 0.15) is 12.4 Å². The van der Waals surface area contributed by atoms with Gasteiger partial charge in [-0.05, 0) is 30.3 Å². The fourth-order valence-electron chi connectivity index (χ4n) is 1.69. The van der Waals surface area contributed by atoms with Crippen molar-refractivity contribution >= 4 is 17.4 Å². The Bertz CT molecular complexity index is 705. The Morgan fingerprint density at radius 1 is 1.14 bits per heavy atom. The first-order valence-corrected chi connectivity index (χ1v) is 6.21. The lowest BCUT2D eigenvalue weighted by atomic mass is 10.2. The normalized spacial score (nSPS) is 9.43. The van der Waals surface area contributed by atoms with Crippen molar-refractivity contribution in [2.24, 2.45) is 0 Å². The van der Waals surface area contributed by atoms with Crippen molar-refractivity contribution in [1.29, 1.82) is 0 Å². The number of halogens is 1. The van der Waals surface area contributed by atoms with E-state index in [1.54, 1.807) is 30.3 Å². The number of aliphatic hydroxyl groups excluding tert-OH is 1. The molecule has 0 fully saturated rings. The van der Waals surface area contributed by atoms with Gasteiger partial charge in [0.2, 0.25) is 0 Å².